The second-order valence-corrected chi connectivity index (χ2v) is 7.94. The Labute approximate surface area is 171 Å². The van der Waals surface area contributed by atoms with Gasteiger partial charge in [0.15, 0.2) is 5.75 Å². The molecule has 1 aliphatic carbocycles. The Balaban J connectivity index is 1.27. The van der Waals surface area contributed by atoms with Crippen molar-refractivity contribution >= 4 is 11.9 Å². The number of nitrogens with zero attached hydrogens (tertiary/aromatic N) is 3. The minimum atomic E-state index is -0.0337. The zero-order valence-corrected chi connectivity index (χ0v) is 17.0. The predicted molar refractivity (Wildman–Crippen MR) is 110 cm³/mol. The molecule has 7 heteroatoms. The maximum Gasteiger partial charge on any atom is 0.225 e. The molecule has 0 radical (unpaired) electrons. The Hall–Kier alpha value is -2.83. The van der Waals surface area contributed by atoms with E-state index in [9.17, 15) is 4.79 Å². The summed E-state index contributed by atoms with van der Waals surface area (Å²) in [5.74, 6) is 2.97. The normalized spacial score (nSPS) is 19.7. The summed E-state index contributed by atoms with van der Waals surface area (Å²) < 4.78 is 11.8. The van der Waals surface area contributed by atoms with Gasteiger partial charge in [-0.2, -0.15) is 0 Å². The van der Waals surface area contributed by atoms with Gasteiger partial charge in [0.2, 0.25) is 11.9 Å². The van der Waals surface area contributed by atoms with E-state index in [2.05, 4.69) is 20.2 Å². The fourth-order valence-electron chi connectivity index (χ4n) is 3.47. The van der Waals surface area contributed by atoms with Crippen molar-refractivity contribution in [3.05, 3.63) is 42.2 Å². The summed E-state index contributed by atoms with van der Waals surface area (Å²) in [5.41, 5.74) is 1.05. The maximum atomic E-state index is 11.2. The van der Waals surface area contributed by atoms with Gasteiger partial charge in [0.05, 0.1) is 31.6 Å². The highest BCUT2D eigenvalue weighted by atomic mass is 16.5. The first kappa shape index (κ1) is 19.5. The van der Waals surface area contributed by atoms with Crippen LogP contribution in [0.15, 0.2) is 36.7 Å². The van der Waals surface area contributed by atoms with Crippen LogP contribution in [0, 0.1) is 5.92 Å². The van der Waals surface area contributed by atoms with E-state index in [1.165, 1.54) is 19.8 Å². The molecule has 154 valence electrons. The molecule has 2 aromatic rings. The summed E-state index contributed by atoms with van der Waals surface area (Å²) in [6.45, 7) is 5.88. The first-order valence-corrected chi connectivity index (χ1v) is 10.3. The Bertz CT molecular complexity index is 821. The minimum Gasteiger partial charge on any atom is -0.490 e. The molecular formula is C22H28N4O3. The molecular weight excluding hydrogens is 368 g/mol. The lowest BCUT2D eigenvalue weighted by atomic mass is 10.1. The van der Waals surface area contributed by atoms with Gasteiger partial charge in [-0.05, 0) is 43.4 Å². The van der Waals surface area contributed by atoms with Crippen LogP contribution < -0.4 is 19.7 Å². The van der Waals surface area contributed by atoms with Gasteiger partial charge < -0.3 is 19.7 Å². The third kappa shape index (κ3) is 5.37. The maximum absolute atomic E-state index is 11.2. The molecule has 0 bridgehead atoms. The fourth-order valence-corrected chi connectivity index (χ4v) is 3.47. The smallest absolute Gasteiger partial charge is 0.225 e. The summed E-state index contributed by atoms with van der Waals surface area (Å²) >= 11 is 0. The number of benzene rings is 1. The topological polar surface area (TPSA) is 76.6 Å². The average molecular weight is 396 g/mol. The van der Waals surface area contributed by atoms with Crippen molar-refractivity contribution in [3.63, 3.8) is 0 Å². The van der Waals surface area contributed by atoms with Crippen molar-refractivity contribution in [2.75, 3.05) is 24.6 Å². The number of aromatic nitrogens is 2. The quantitative estimate of drug-likeness (QED) is 0.739. The highest BCUT2D eigenvalue weighted by Gasteiger charge is 2.26. The number of ether oxygens (including phenoxy) is 2. The van der Waals surface area contributed by atoms with E-state index < -0.39 is 0 Å². The first-order valence-electron chi connectivity index (χ1n) is 10.3. The SMILES string of the molecule is CC(=O)N[C@@H](C)c1ccc(O[C@@H]2CCN(c3ncc(OCC4CC4)cn3)C2)cc1. The number of rotatable bonds is 8. The van der Waals surface area contributed by atoms with Crippen molar-refractivity contribution in [1.29, 1.82) is 0 Å². The highest BCUT2D eigenvalue weighted by Crippen LogP contribution is 2.29. The van der Waals surface area contributed by atoms with Crippen molar-refractivity contribution in [2.45, 2.75) is 45.3 Å². The number of hydrogen-bond donors (Lipinski definition) is 1. The predicted octanol–water partition coefficient (Wildman–Crippen LogP) is 3.12. The lowest BCUT2D eigenvalue weighted by molar-refractivity contribution is -0.119. The molecule has 1 saturated heterocycles. The van der Waals surface area contributed by atoms with Gasteiger partial charge in [0.25, 0.3) is 0 Å². The van der Waals surface area contributed by atoms with E-state index in [-0.39, 0.29) is 18.1 Å². The molecule has 2 fully saturated rings. The van der Waals surface area contributed by atoms with E-state index in [4.69, 9.17) is 9.47 Å². The van der Waals surface area contributed by atoms with Crippen LogP contribution in [0.2, 0.25) is 0 Å². The van der Waals surface area contributed by atoms with Crippen LogP contribution in [0.25, 0.3) is 0 Å². The van der Waals surface area contributed by atoms with Gasteiger partial charge in [-0.1, -0.05) is 12.1 Å². The third-order valence-electron chi connectivity index (χ3n) is 5.33. The van der Waals surface area contributed by atoms with Gasteiger partial charge in [-0.15, -0.1) is 0 Å². The monoisotopic (exact) mass is 396 g/mol. The molecule has 2 heterocycles. The Kier molecular flexibility index (Phi) is 5.83. The average Bonchev–Trinajstić information content (AvgIpc) is 3.44. The summed E-state index contributed by atoms with van der Waals surface area (Å²) in [5, 5.41) is 2.89. The van der Waals surface area contributed by atoms with Crippen molar-refractivity contribution < 1.29 is 14.3 Å². The van der Waals surface area contributed by atoms with Crippen LogP contribution in [-0.4, -0.2) is 41.7 Å². The minimum absolute atomic E-state index is 0.0168. The van der Waals surface area contributed by atoms with E-state index in [0.717, 1.165) is 43.2 Å². The van der Waals surface area contributed by atoms with Crippen molar-refractivity contribution in [1.82, 2.24) is 15.3 Å². The Morgan fingerprint density at radius 3 is 2.55 bits per heavy atom. The summed E-state index contributed by atoms with van der Waals surface area (Å²) in [6.07, 6.45) is 7.08. The molecule has 29 heavy (non-hydrogen) atoms. The zero-order chi connectivity index (χ0) is 20.2. The van der Waals surface area contributed by atoms with Crippen molar-refractivity contribution in [3.8, 4) is 11.5 Å². The Morgan fingerprint density at radius 1 is 1.17 bits per heavy atom. The fraction of sp³-hybridized carbons (Fsp3) is 0.500. The number of anilines is 1. The largest absolute Gasteiger partial charge is 0.490 e. The number of carbonyl (C=O) groups is 1. The summed E-state index contributed by atoms with van der Waals surface area (Å²) in [7, 11) is 0. The molecule has 1 amide bonds. The molecule has 0 spiro atoms. The van der Waals surface area contributed by atoms with E-state index >= 15 is 0 Å². The van der Waals surface area contributed by atoms with Crippen molar-refractivity contribution in [2.24, 2.45) is 5.92 Å². The van der Waals surface area contributed by atoms with Crippen LogP contribution in [0.5, 0.6) is 11.5 Å². The van der Waals surface area contributed by atoms with E-state index in [1.54, 1.807) is 12.4 Å². The molecule has 1 aliphatic heterocycles. The zero-order valence-electron chi connectivity index (χ0n) is 17.0. The number of nitrogens with one attached hydrogen (secondary N) is 1. The number of amides is 1. The highest BCUT2D eigenvalue weighted by molar-refractivity contribution is 5.73. The van der Waals surface area contributed by atoms with Gasteiger partial charge in [-0.3, -0.25) is 4.79 Å². The summed E-state index contributed by atoms with van der Waals surface area (Å²) in [4.78, 5) is 22.2. The number of carbonyl (C=O) groups excluding carboxylic acids is 1. The van der Waals surface area contributed by atoms with Gasteiger partial charge in [0, 0.05) is 19.9 Å². The first-order chi connectivity index (χ1) is 14.1. The van der Waals surface area contributed by atoms with E-state index in [1.807, 2.05) is 31.2 Å². The number of hydrogen-bond acceptors (Lipinski definition) is 6. The van der Waals surface area contributed by atoms with Crippen LogP contribution in [0.1, 0.15) is 44.7 Å². The lowest BCUT2D eigenvalue weighted by Gasteiger charge is -2.18. The van der Waals surface area contributed by atoms with Gasteiger partial charge in [-0.25, -0.2) is 9.97 Å². The molecule has 1 aromatic carbocycles. The Morgan fingerprint density at radius 2 is 1.90 bits per heavy atom. The molecule has 1 N–H and O–H groups in total. The second kappa shape index (κ2) is 8.68. The van der Waals surface area contributed by atoms with Crippen LogP contribution >= 0.6 is 0 Å². The van der Waals surface area contributed by atoms with Gasteiger partial charge in [0.1, 0.15) is 11.9 Å². The molecule has 7 nitrogen and oxygen atoms in total. The molecule has 2 aliphatic rings. The molecule has 1 saturated carbocycles. The van der Waals surface area contributed by atoms with Gasteiger partial charge >= 0.3 is 0 Å². The van der Waals surface area contributed by atoms with Crippen LogP contribution in [0.4, 0.5) is 5.95 Å². The van der Waals surface area contributed by atoms with E-state index in [0.29, 0.717) is 11.9 Å². The molecule has 0 unspecified atom stereocenters. The van der Waals surface area contributed by atoms with Crippen LogP contribution in [0.3, 0.4) is 0 Å². The molecule has 1 aromatic heterocycles. The van der Waals surface area contributed by atoms with Crippen LogP contribution in [-0.2, 0) is 4.79 Å². The lowest BCUT2D eigenvalue weighted by Crippen LogP contribution is -2.26. The third-order valence-corrected chi connectivity index (χ3v) is 5.33. The molecule has 4 rings (SSSR count). The molecule has 2 atom stereocenters. The second-order valence-electron chi connectivity index (χ2n) is 7.94. The summed E-state index contributed by atoms with van der Waals surface area (Å²) in [6, 6.07) is 7.88. The standard InChI is InChI=1S/C22H28N4O3/c1-15(25-16(2)27)18-5-7-19(8-6-18)29-20-9-10-26(13-20)22-23-11-21(12-24-22)28-14-17-3-4-17/h5-8,11-12,15,17,20H,3-4,9-10,13-14H2,1-2H3,(H,25,27)/t15-,20+/m0/s1.